The lowest BCUT2D eigenvalue weighted by atomic mass is 9.95. The number of aliphatic hydroxyl groups excluding tert-OH is 12. The highest BCUT2D eigenvalue weighted by Gasteiger charge is 2.53. The Labute approximate surface area is 448 Å². The van der Waals surface area contributed by atoms with E-state index in [2.05, 4.69) is 21.3 Å². The number of carbonyl (C=O) groups excluding carboxylic acids is 4. The predicted octanol–water partition coefficient (Wildman–Crippen LogP) is -5.93. The third-order valence-electron chi connectivity index (χ3n) is 12.9. The fourth-order valence-electron chi connectivity index (χ4n) is 8.74. The first-order chi connectivity index (χ1) is 36.4. The average molecular weight is 1140 g/mol. The summed E-state index contributed by atoms with van der Waals surface area (Å²) in [5.41, 5.74) is 0. The number of carbonyl (C=O) groups is 4. The predicted molar refractivity (Wildman–Crippen MR) is 265 cm³/mol. The lowest BCUT2D eigenvalue weighted by Crippen LogP contribution is -2.67. The monoisotopic (exact) mass is 1140 g/mol. The summed E-state index contributed by atoms with van der Waals surface area (Å²) in [4.78, 5) is 48.8. The molecule has 442 valence electrons. The van der Waals surface area contributed by atoms with Crippen molar-refractivity contribution in [1.29, 1.82) is 0 Å². The second-order valence-corrected chi connectivity index (χ2v) is 21.6. The zero-order valence-electron chi connectivity index (χ0n) is 42.8. The van der Waals surface area contributed by atoms with Gasteiger partial charge >= 0.3 is 0 Å². The molecule has 28 nitrogen and oxygen atoms in total. The van der Waals surface area contributed by atoms with Crippen molar-refractivity contribution in [3.63, 3.8) is 0 Å². The van der Waals surface area contributed by atoms with Crippen molar-refractivity contribution in [3.8, 4) is 0 Å². The molecule has 0 spiro atoms. The van der Waals surface area contributed by atoms with Gasteiger partial charge in [-0.3, -0.25) is 19.2 Å². The summed E-state index contributed by atoms with van der Waals surface area (Å²) >= 11 is 0. The minimum Gasteiger partial charge on any atom is -0.394 e. The van der Waals surface area contributed by atoms with Gasteiger partial charge in [0.2, 0.25) is 23.6 Å². The molecule has 0 aromatic carbocycles. The Hall–Kier alpha value is -2.22. The highest BCUT2D eigenvalue weighted by Crippen LogP contribution is 2.32. The van der Waals surface area contributed by atoms with Gasteiger partial charge in [0.05, 0.1) is 26.4 Å². The normalized spacial score (nSPS) is 35.8. The Morgan fingerprint density at radius 3 is 1.13 bits per heavy atom. The fraction of sp³-hybridized carbons (Fsp3) is 0.913. The van der Waals surface area contributed by atoms with E-state index in [0.29, 0.717) is 77.3 Å². The van der Waals surface area contributed by atoms with Gasteiger partial charge in [0.25, 0.3) is 0 Å². The van der Waals surface area contributed by atoms with E-state index in [1.807, 2.05) is 0 Å². The van der Waals surface area contributed by atoms with Gasteiger partial charge in [0.1, 0.15) is 97.5 Å². The van der Waals surface area contributed by atoms with Crippen molar-refractivity contribution in [2.75, 3.05) is 64.2 Å². The van der Waals surface area contributed by atoms with Crippen molar-refractivity contribution >= 4 is 45.2 Å². The Bertz CT molecular complexity index is 1590. The van der Waals surface area contributed by atoms with E-state index in [1.165, 1.54) is 13.8 Å². The molecular formula is C46H82N4O24S2. The minimum atomic E-state index is -1.78. The van der Waals surface area contributed by atoms with Crippen LogP contribution in [0.25, 0.3) is 0 Å². The highest BCUT2D eigenvalue weighted by atomic mass is 33.1. The number of nitrogens with one attached hydrogen (secondary N) is 4. The Morgan fingerprint density at radius 1 is 0.434 bits per heavy atom. The molecule has 0 aromatic rings. The van der Waals surface area contributed by atoms with Crippen LogP contribution in [0.15, 0.2) is 0 Å². The number of hydrogen-bond acceptors (Lipinski definition) is 26. The highest BCUT2D eigenvalue weighted by molar-refractivity contribution is 8.76. The van der Waals surface area contributed by atoms with Crippen LogP contribution in [-0.2, 0) is 57.1 Å². The molecule has 20 atom stereocenters. The molecule has 0 aliphatic carbocycles. The molecular weight excluding hydrogens is 1060 g/mol. The van der Waals surface area contributed by atoms with Crippen molar-refractivity contribution in [3.05, 3.63) is 0 Å². The minimum absolute atomic E-state index is 0.0759. The van der Waals surface area contributed by atoms with Crippen LogP contribution >= 0.6 is 21.6 Å². The molecule has 4 heterocycles. The van der Waals surface area contributed by atoms with Gasteiger partial charge in [0, 0.05) is 64.5 Å². The molecule has 0 saturated carbocycles. The van der Waals surface area contributed by atoms with Gasteiger partial charge in [-0.2, -0.15) is 0 Å². The van der Waals surface area contributed by atoms with Crippen LogP contribution in [0, 0.1) is 0 Å². The lowest BCUT2D eigenvalue weighted by Gasteiger charge is -2.47. The average Bonchev–Trinajstić information content (AvgIpc) is 3.39. The lowest BCUT2D eigenvalue weighted by molar-refractivity contribution is -0.348. The molecule has 0 unspecified atom stereocenters. The van der Waals surface area contributed by atoms with E-state index in [0.717, 1.165) is 11.5 Å². The number of unbranched alkanes of at least 4 members (excludes halogenated alkanes) is 4. The van der Waals surface area contributed by atoms with E-state index in [4.69, 9.17) is 37.9 Å². The third kappa shape index (κ3) is 20.4. The molecule has 4 saturated heterocycles. The van der Waals surface area contributed by atoms with E-state index in [1.54, 1.807) is 21.6 Å². The topological polar surface area (TPSA) is 433 Å². The first-order valence-corrected chi connectivity index (χ1v) is 28.2. The van der Waals surface area contributed by atoms with Crippen molar-refractivity contribution in [1.82, 2.24) is 21.3 Å². The van der Waals surface area contributed by atoms with Gasteiger partial charge in [-0.25, -0.2) is 0 Å². The Kier molecular flexibility index (Phi) is 30.4. The summed E-state index contributed by atoms with van der Waals surface area (Å²) in [7, 11) is 3.26. The first kappa shape index (κ1) is 66.3. The number of aliphatic hydroxyl groups is 12. The third-order valence-corrected chi connectivity index (χ3v) is 15.5. The molecule has 4 amide bonds. The maximum absolute atomic E-state index is 12.4. The van der Waals surface area contributed by atoms with E-state index in [9.17, 15) is 80.5 Å². The molecule has 4 rings (SSSR count). The van der Waals surface area contributed by atoms with Gasteiger partial charge in [-0.05, 0) is 51.4 Å². The molecule has 0 aromatic heterocycles. The first-order valence-electron chi connectivity index (χ1n) is 25.7. The van der Waals surface area contributed by atoms with Crippen LogP contribution in [0.1, 0.15) is 78.1 Å². The zero-order chi connectivity index (χ0) is 55.9. The van der Waals surface area contributed by atoms with E-state index < -0.39 is 161 Å². The second kappa shape index (κ2) is 34.8. The molecule has 16 N–H and O–H groups in total. The zero-order valence-corrected chi connectivity index (χ0v) is 44.4. The maximum atomic E-state index is 12.4. The van der Waals surface area contributed by atoms with Crippen molar-refractivity contribution < 1.29 is 118 Å². The van der Waals surface area contributed by atoms with Crippen LogP contribution in [0.4, 0.5) is 0 Å². The number of hydrogen-bond donors (Lipinski definition) is 16. The molecule has 76 heavy (non-hydrogen) atoms. The van der Waals surface area contributed by atoms with Crippen LogP contribution in [0.5, 0.6) is 0 Å². The van der Waals surface area contributed by atoms with Crippen LogP contribution < -0.4 is 21.3 Å². The number of rotatable bonds is 33. The van der Waals surface area contributed by atoms with Crippen molar-refractivity contribution in [2.45, 2.75) is 201 Å². The largest absolute Gasteiger partial charge is 0.394 e. The Morgan fingerprint density at radius 2 is 0.789 bits per heavy atom. The summed E-state index contributed by atoms with van der Waals surface area (Å²) in [6, 6.07) is -2.35. The quantitative estimate of drug-likeness (QED) is 0.0215. The fourth-order valence-corrected chi connectivity index (χ4v) is 10.9. The maximum Gasteiger partial charge on any atom is 0.220 e. The molecule has 30 heteroatoms. The summed E-state index contributed by atoms with van der Waals surface area (Å²) in [5, 5.41) is 134. The smallest absolute Gasteiger partial charge is 0.220 e. The summed E-state index contributed by atoms with van der Waals surface area (Å²) < 4.78 is 45.5. The summed E-state index contributed by atoms with van der Waals surface area (Å²) in [5.74, 6) is 0.301. The summed E-state index contributed by atoms with van der Waals surface area (Å²) in [6.45, 7) is 0.859. The van der Waals surface area contributed by atoms with E-state index in [-0.39, 0.29) is 25.0 Å². The van der Waals surface area contributed by atoms with Gasteiger partial charge < -0.3 is 120 Å². The SMILES string of the molecule is CC(=O)N[C@H]1[C@H](OCCCCCNC(=O)CCCSSCCCC(=O)NCCCCCO[C@@H]2O[C@H](CO)[C@@H](O[C@@H]3O[C@H](CO)[C@@H](O)[C@H](O)[C@H]3O)[C@H](O)[C@H]2NC(C)=O)O[C@H](CO)[C@@H](O[C@@H]2O[C@H](CO)[C@@H](O)[C@H](O)[C@H]2O)[C@@H]1O. The van der Waals surface area contributed by atoms with Gasteiger partial charge in [-0.1, -0.05) is 21.6 Å². The van der Waals surface area contributed by atoms with E-state index >= 15 is 0 Å². The molecule has 4 fully saturated rings. The van der Waals surface area contributed by atoms with Gasteiger partial charge in [-0.15, -0.1) is 0 Å². The number of ether oxygens (including phenoxy) is 8. The second-order valence-electron chi connectivity index (χ2n) is 18.9. The molecule has 0 radical (unpaired) electrons. The standard InChI is InChI=1S/C46H82N4O24S2/c1-23(55)49-31-35(61)41(73-45-39(65)37(63)33(59)25(19-51)69-45)27(21-53)71-43(31)67-15-7-3-5-13-47-29(57)11-9-17-75-76-18-10-12-30(58)48-14-6-4-8-16-68-44-32(50-24(2)56)36(62)42(28(22-54)72-44)74-46-40(66)38(64)34(60)26(20-52)70-46/h25-28,31-46,51-54,59-66H,3-22H2,1-2H3,(H,47,57)(H,48,58)(H,49,55)(H,50,56)/t25-,26-,27-,28-,31-,32-,33-,34-,35-,36-,37+,38+,39-,40-,41-,42-,43-,44-,45+,46+/m1/s1. The van der Waals surface area contributed by atoms with Crippen LogP contribution in [0.3, 0.4) is 0 Å². The Balaban J connectivity index is 0.994. The molecule has 4 aliphatic heterocycles. The van der Waals surface area contributed by atoms with Crippen LogP contribution in [0.2, 0.25) is 0 Å². The number of amides is 4. The summed E-state index contributed by atoms with van der Waals surface area (Å²) in [6.07, 6.45) is -21.1. The molecule has 0 bridgehead atoms. The van der Waals surface area contributed by atoms with Gasteiger partial charge in [0.15, 0.2) is 25.2 Å². The van der Waals surface area contributed by atoms with Crippen LogP contribution in [-0.4, -0.2) is 272 Å². The molecule has 4 aliphatic rings. The van der Waals surface area contributed by atoms with Crippen molar-refractivity contribution in [2.24, 2.45) is 0 Å².